The third-order valence-electron chi connectivity index (χ3n) is 7.98. The van der Waals surface area contributed by atoms with Crippen LogP contribution in [0.25, 0.3) is 0 Å². The maximum absolute atomic E-state index is 13.3. The lowest BCUT2D eigenvalue weighted by Gasteiger charge is -2.26. The van der Waals surface area contributed by atoms with Gasteiger partial charge in [0.05, 0.1) is 19.3 Å². The Labute approximate surface area is 262 Å². The van der Waals surface area contributed by atoms with Crippen LogP contribution in [0, 0.1) is 5.92 Å². The number of hydrogen-bond acceptors (Lipinski definition) is 6. The van der Waals surface area contributed by atoms with Crippen molar-refractivity contribution in [2.75, 3.05) is 18.4 Å². The van der Waals surface area contributed by atoms with Crippen LogP contribution in [-0.2, 0) is 29.4 Å². The molecule has 244 valence electrons. The van der Waals surface area contributed by atoms with Gasteiger partial charge in [0.25, 0.3) is 5.91 Å². The van der Waals surface area contributed by atoms with E-state index in [4.69, 9.17) is 4.74 Å². The number of aliphatic hydroxyl groups is 1. The molecule has 0 aromatic heterocycles. The van der Waals surface area contributed by atoms with Gasteiger partial charge in [-0.25, -0.2) is 0 Å². The molecule has 0 heterocycles. The summed E-state index contributed by atoms with van der Waals surface area (Å²) in [5.41, 5.74) is -2.93. The predicted octanol–water partition coefficient (Wildman–Crippen LogP) is 5.57. The van der Waals surface area contributed by atoms with Crippen LogP contribution in [-0.4, -0.2) is 50.7 Å². The first-order chi connectivity index (χ1) is 21.4. The third-order valence-corrected chi connectivity index (χ3v) is 9.09. The van der Waals surface area contributed by atoms with Crippen LogP contribution in [0.1, 0.15) is 59.2 Å². The van der Waals surface area contributed by atoms with Gasteiger partial charge in [0.1, 0.15) is 5.75 Å². The Morgan fingerprint density at radius 3 is 2.38 bits per heavy atom. The topological polar surface area (TPSA) is 117 Å². The predicted molar refractivity (Wildman–Crippen MR) is 167 cm³/mol. The second-order valence-electron chi connectivity index (χ2n) is 11.5. The van der Waals surface area contributed by atoms with Crippen molar-refractivity contribution in [1.29, 1.82) is 0 Å². The fourth-order valence-corrected chi connectivity index (χ4v) is 6.18. The minimum Gasteiger partial charge on any atom is -0.497 e. The van der Waals surface area contributed by atoms with Gasteiger partial charge < -0.3 is 20.5 Å². The first-order valence-corrected chi connectivity index (χ1v) is 16.5. The molecule has 1 fully saturated rings. The molecule has 3 aromatic carbocycles. The average Bonchev–Trinajstić information content (AvgIpc) is 3.01. The van der Waals surface area contributed by atoms with E-state index in [0.29, 0.717) is 24.6 Å². The Kier molecular flexibility index (Phi) is 11.9. The fraction of sp³-hybridized carbons (Fsp3) is 0.424. The standard InChI is InChI=1S/C33H40F3N3O5S/c1-44-29-15-6-12-26(18-29)21-37-22-31(40)30(19-25-11-5-10-24(17-25)16-23-8-3-2-4-9-23)38-32(41)27-13-7-14-28(20-27)39-45(42,43)33(34,35)36/h5-7,10-15,17-18,20,23,30-31,37,39-40H,2-4,8-9,16,19,21-22H2,1H3,(H,38,41)/t30-,31+/m0/s1. The number of ether oxygens (including phenoxy) is 1. The number of carbonyl (C=O) groups is 1. The van der Waals surface area contributed by atoms with Crippen molar-refractivity contribution in [3.63, 3.8) is 0 Å². The van der Waals surface area contributed by atoms with Gasteiger partial charge in [-0.05, 0) is 65.8 Å². The van der Waals surface area contributed by atoms with Gasteiger partial charge in [-0.2, -0.15) is 21.6 Å². The third kappa shape index (κ3) is 10.2. The van der Waals surface area contributed by atoms with E-state index in [1.165, 1.54) is 54.5 Å². The Morgan fingerprint density at radius 1 is 0.956 bits per heavy atom. The Morgan fingerprint density at radius 2 is 1.64 bits per heavy atom. The van der Waals surface area contributed by atoms with Gasteiger partial charge in [0, 0.05) is 24.3 Å². The number of halogens is 3. The molecule has 1 aliphatic carbocycles. The lowest BCUT2D eigenvalue weighted by atomic mass is 9.84. The Hall–Kier alpha value is -3.61. The number of nitrogens with one attached hydrogen (secondary N) is 3. The van der Waals surface area contributed by atoms with Gasteiger partial charge in [0.2, 0.25) is 0 Å². The van der Waals surface area contributed by atoms with Crippen molar-refractivity contribution < 1.29 is 36.2 Å². The average molecular weight is 648 g/mol. The smallest absolute Gasteiger partial charge is 0.497 e. The number of anilines is 1. The second kappa shape index (κ2) is 15.6. The molecule has 0 aliphatic heterocycles. The van der Waals surface area contributed by atoms with Gasteiger partial charge in [-0.1, -0.05) is 74.6 Å². The van der Waals surface area contributed by atoms with Gasteiger partial charge in [-0.3, -0.25) is 9.52 Å². The highest BCUT2D eigenvalue weighted by molar-refractivity contribution is 7.93. The molecule has 1 saturated carbocycles. The van der Waals surface area contributed by atoms with Crippen LogP contribution in [0.3, 0.4) is 0 Å². The molecule has 12 heteroatoms. The summed E-state index contributed by atoms with van der Waals surface area (Å²) < 4.78 is 68.5. The molecule has 1 aliphatic rings. The first-order valence-electron chi connectivity index (χ1n) is 15.0. The maximum atomic E-state index is 13.3. The van der Waals surface area contributed by atoms with E-state index in [1.54, 1.807) is 7.11 Å². The monoisotopic (exact) mass is 647 g/mol. The van der Waals surface area contributed by atoms with Crippen molar-refractivity contribution in [3.8, 4) is 5.75 Å². The molecule has 0 radical (unpaired) electrons. The van der Waals surface area contributed by atoms with Crippen molar-refractivity contribution in [1.82, 2.24) is 10.6 Å². The van der Waals surface area contributed by atoms with Crippen LogP contribution in [0.2, 0.25) is 0 Å². The number of alkyl halides is 3. The highest BCUT2D eigenvalue weighted by Crippen LogP contribution is 2.28. The zero-order valence-corrected chi connectivity index (χ0v) is 26.0. The van der Waals surface area contributed by atoms with Crippen molar-refractivity contribution in [3.05, 3.63) is 95.1 Å². The van der Waals surface area contributed by atoms with Crippen molar-refractivity contribution in [2.24, 2.45) is 5.92 Å². The largest absolute Gasteiger partial charge is 0.516 e. The van der Waals surface area contributed by atoms with E-state index in [-0.39, 0.29) is 12.1 Å². The summed E-state index contributed by atoms with van der Waals surface area (Å²) in [6, 6.07) is 19.6. The van der Waals surface area contributed by atoms with Crippen LogP contribution in [0.5, 0.6) is 5.75 Å². The lowest BCUT2D eigenvalue weighted by Crippen LogP contribution is -2.48. The highest BCUT2D eigenvalue weighted by Gasteiger charge is 2.46. The molecule has 45 heavy (non-hydrogen) atoms. The van der Waals surface area contributed by atoms with Gasteiger partial charge in [-0.15, -0.1) is 0 Å². The van der Waals surface area contributed by atoms with Crippen molar-refractivity contribution in [2.45, 2.75) is 69.1 Å². The molecule has 2 atom stereocenters. The summed E-state index contributed by atoms with van der Waals surface area (Å²) in [5, 5.41) is 17.3. The minimum atomic E-state index is -5.66. The molecule has 8 nitrogen and oxygen atoms in total. The molecule has 3 aromatic rings. The first kappa shape index (κ1) is 34.3. The zero-order chi connectivity index (χ0) is 32.5. The molecule has 0 spiro atoms. The SMILES string of the molecule is COc1cccc(CNC[C@@H](O)[C@H](Cc2cccc(CC3CCCCC3)c2)NC(=O)c2cccc(NS(=O)(=O)C(F)(F)F)c2)c1. The number of sulfonamides is 1. The summed E-state index contributed by atoms with van der Waals surface area (Å²) in [6.45, 7) is 0.572. The van der Waals surface area contributed by atoms with Crippen LogP contribution in [0.15, 0.2) is 72.8 Å². The number of amides is 1. The molecule has 1 amide bonds. The summed E-state index contributed by atoms with van der Waals surface area (Å²) in [5.74, 6) is 0.670. The van der Waals surface area contributed by atoms with E-state index < -0.39 is 39.3 Å². The normalized spacial score (nSPS) is 15.7. The van der Waals surface area contributed by atoms with E-state index in [0.717, 1.165) is 29.7 Å². The molecular formula is C33H40F3N3O5S. The summed E-state index contributed by atoms with van der Waals surface area (Å²) in [7, 11) is -4.08. The quantitative estimate of drug-likeness (QED) is 0.182. The highest BCUT2D eigenvalue weighted by atomic mass is 32.2. The summed E-state index contributed by atoms with van der Waals surface area (Å²) in [6.07, 6.45) is 6.41. The van der Waals surface area contributed by atoms with Crippen LogP contribution < -0.4 is 20.1 Å². The van der Waals surface area contributed by atoms with E-state index in [2.05, 4.69) is 22.8 Å². The molecule has 0 bridgehead atoms. The molecule has 4 rings (SSSR count). The molecule has 0 unspecified atom stereocenters. The number of rotatable bonds is 14. The lowest BCUT2D eigenvalue weighted by molar-refractivity contribution is -0.0429. The maximum Gasteiger partial charge on any atom is 0.516 e. The number of methoxy groups -OCH3 is 1. The Balaban J connectivity index is 1.49. The van der Waals surface area contributed by atoms with Gasteiger partial charge in [0.15, 0.2) is 0 Å². The number of aliphatic hydroxyl groups excluding tert-OH is 1. The molecular weight excluding hydrogens is 607 g/mol. The summed E-state index contributed by atoms with van der Waals surface area (Å²) >= 11 is 0. The summed E-state index contributed by atoms with van der Waals surface area (Å²) in [4.78, 5) is 13.3. The van der Waals surface area contributed by atoms with E-state index in [9.17, 15) is 31.5 Å². The van der Waals surface area contributed by atoms with E-state index in [1.807, 2.05) is 36.4 Å². The van der Waals surface area contributed by atoms with E-state index >= 15 is 0 Å². The second-order valence-corrected chi connectivity index (χ2v) is 13.2. The van der Waals surface area contributed by atoms with Gasteiger partial charge >= 0.3 is 15.5 Å². The fourth-order valence-electron chi connectivity index (χ4n) is 5.62. The number of benzene rings is 3. The Bertz CT molecular complexity index is 1530. The van der Waals surface area contributed by atoms with Crippen molar-refractivity contribution >= 4 is 21.6 Å². The molecule has 4 N–H and O–H groups in total. The number of carbonyl (C=O) groups excluding carboxylic acids is 1. The minimum absolute atomic E-state index is 0.0648. The van der Waals surface area contributed by atoms with Crippen LogP contribution in [0.4, 0.5) is 18.9 Å². The zero-order valence-electron chi connectivity index (χ0n) is 25.1. The van der Waals surface area contributed by atoms with Crippen LogP contribution >= 0.6 is 0 Å². The number of hydrogen-bond donors (Lipinski definition) is 4. The molecule has 0 saturated heterocycles.